The molecule has 1 fully saturated rings. The van der Waals surface area contributed by atoms with E-state index in [-0.39, 0.29) is 0 Å². The summed E-state index contributed by atoms with van der Waals surface area (Å²) in [6.45, 7) is 10.7. The van der Waals surface area contributed by atoms with Crippen molar-refractivity contribution in [3.63, 3.8) is 0 Å². The first kappa shape index (κ1) is 13.2. The molecule has 0 bridgehead atoms. The molecule has 0 aromatic rings. The molecule has 1 heterocycles. The van der Waals surface area contributed by atoms with Crippen molar-refractivity contribution in [2.45, 2.75) is 13.8 Å². The first-order valence-corrected chi connectivity index (χ1v) is 5.92. The fourth-order valence-electron chi connectivity index (χ4n) is 1.97. The molecule has 16 heavy (non-hydrogen) atoms. The number of hydrogen-bond donors (Lipinski definition) is 1. The molecule has 0 saturated carbocycles. The number of carboxylic acid groups (broad SMARTS) is 1. The van der Waals surface area contributed by atoms with Gasteiger partial charge in [-0.05, 0) is 5.92 Å². The largest absolute Gasteiger partial charge is 0.478 e. The number of carboxylic acids is 1. The average Bonchev–Trinajstić information content (AvgIpc) is 2.19. The van der Waals surface area contributed by atoms with E-state index in [1.807, 2.05) is 0 Å². The summed E-state index contributed by atoms with van der Waals surface area (Å²) in [6.07, 6.45) is 2.95. The van der Waals surface area contributed by atoms with Gasteiger partial charge in [0.2, 0.25) is 0 Å². The fraction of sp³-hybridized carbons (Fsp3) is 0.750. The standard InChI is InChI=1S/C12H22N2O2/c1-11(2)10-14-8-6-13(7-9-14)5-3-4-12(15)16/h3-4,11H,5-10H2,1-2H3,(H,15,16)/b4-3+. The zero-order valence-electron chi connectivity index (χ0n) is 10.2. The molecule has 0 radical (unpaired) electrons. The molecule has 0 unspecified atom stereocenters. The molecule has 1 N–H and O–H groups in total. The van der Waals surface area contributed by atoms with Crippen LogP contribution in [0.1, 0.15) is 13.8 Å². The third-order valence-corrected chi connectivity index (χ3v) is 2.71. The normalized spacial score (nSPS) is 19.7. The fourth-order valence-corrected chi connectivity index (χ4v) is 1.97. The second-order valence-corrected chi connectivity index (χ2v) is 4.74. The lowest BCUT2D eigenvalue weighted by Crippen LogP contribution is -2.47. The second-order valence-electron chi connectivity index (χ2n) is 4.74. The van der Waals surface area contributed by atoms with Crippen molar-refractivity contribution in [3.8, 4) is 0 Å². The molecule has 92 valence electrons. The van der Waals surface area contributed by atoms with Gasteiger partial charge in [-0.3, -0.25) is 4.90 Å². The minimum Gasteiger partial charge on any atom is -0.478 e. The highest BCUT2D eigenvalue weighted by molar-refractivity contribution is 5.79. The predicted molar refractivity (Wildman–Crippen MR) is 64.5 cm³/mol. The topological polar surface area (TPSA) is 43.8 Å². The number of aliphatic carboxylic acids is 1. The highest BCUT2D eigenvalue weighted by Crippen LogP contribution is 2.04. The van der Waals surface area contributed by atoms with Crippen LogP contribution in [0.2, 0.25) is 0 Å². The molecule has 0 atom stereocenters. The maximum absolute atomic E-state index is 10.3. The van der Waals surface area contributed by atoms with Crippen LogP contribution in [-0.2, 0) is 4.79 Å². The summed E-state index contributed by atoms with van der Waals surface area (Å²) in [4.78, 5) is 15.1. The van der Waals surface area contributed by atoms with Crippen LogP contribution < -0.4 is 0 Å². The summed E-state index contributed by atoms with van der Waals surface area (Å²) in [5.41, 5.74) is 0. The number of carbonyl (C=O) groups is 1. The average molecular weight is 226 g/mol. The van der Waals surface area contributed by atoms with Crippen molar-refractivity contribution in [2.24, 2.45) is 5.92 Å². The maximum atomic E-state index is 10.3. The molecule has 0 spiro atoms. The van der Waals surface area contributed by atoms with Crippen molar-refractivity contribution in [1.82, 2.24) is 9.80 Å². The van der Waals surface area contributed by atoms with Gasteiger partial charge in [0.25, 0.3) is 0 Å². The first-order chi connectivity index (χ1) is 7.58. The number of nitrogens with zero attached hydrogens (tertiary/aromatic N) is 2. The monoisotopic (exact) mass is 226 g/mol. The SMILES string of the molecule is CC(C)CN1CCN(C/C=C/C(=O)O)CC1. The number of rotatable bonds is 5. The molecular weight excluding hydrogens is 204 g/mol. The molecule has 0 aliphatic carbocycles. The van der Waals surface area contributed by atoms with Gasteiger partial charge in [-0.25, -0.2) is 4.79 Å². The summed E-state index contributed by atoms with van der Waals surface area (Å²) in [6, 6.07) is 0. The van der Waals surface area contributed by atoms with Gasteiger partial charge < -0.3 is 10.0 Å². The number of piperazine rings is 1. The van der Waals surface area contributed by atoms with E-state index in [0.717, 1.165) is 38.6 Å². The van der Waals surface area contributed by atoms with Gasteiger partial charge in [0.05, 0.1) is 0 Å². The molecule has 1 aliphatic heterocycles. The van der Waals surface area contributed by atoms with Gasteiger partial charge in [0.15, 0.2) is 0 Å². The van der Waals surface area contributed by atoms with Gasteiger partial charge in [0, 0.05) is 45.3 Å². The van der Waals surface area contributed by atoms with E-state index in [9.17, 15) is 4.79 Å². The molecule has 4 nitrogen and oxygen atoms in total. The molecule has 1 rings (SSSR count). The molecule has 1 aliphatic rings. The van der Waals surface area contributed by atoms with Crippen LogP contribution >= 0.6 is 0 Å². The quantitative estimate of drug-likeness (QED) is 0.707. The van der Waals surface area contributed by atoms with E-state index in [2.05, 4.69) is 23.6 Å². The smallest absolute Gasteiger partial charge is 0.328 e. The Labute approximate surface area is 97.5 Å². The molecule has 0 amide bonds. The predicted octanol–water partition coefficient (Wildman–Crippen LogP) is 0.901. The Hall–Kier alpha value is -0.870. The van der Waals surface area contributed by atoms with E-state index in [0.29, 0.717) is 0 Å². The van der Waals surface area contributed by atoms with Crippen LogP contribution in [0.15, 0.2) is 12.2 Å². The lowest BCUT2D eigenvalue weighted by molar-refractivity contribution is -0.131. The Morgan fingerprint density at radius 2 is 1.81 bits per heavy atom. The second kappa shape index (κ2) is 6.66. The number of hydrogen-bond acceptors (Lipinski definition) is 3. The van der Waals surface area contributed by atoms with Crippen LogP contribution in [0.25, 0.3) is 0 Å². The van der Waals surface area contributed by atoms with Gasteiger partial charge in [-0.1, -0.05) is 19.9 Å². The van der Waals surface area contributed by atoms with Crippen molar-refractivity contribution >= 4 is 5.97 Å². The lowest BCUT2D eigenvalue weighted by Gasteiger charge is -2.34. The summed E-state index contributed by atoms with van der Waals surface area (Å²) in [5, 5.41) is 8.47. The van der Waals surface area contributed by atoms with Crippen molar-refractivity contribution in [3.05, 3.63) is 12.2 Å². The van der Waals surface area contributed by atoms with E-state index in [1.54, 1.807) is 6.08 Å². The molecule has 0 aromatic heterocycles. The Morgan fingerprint density at radius 1 is 1.25 bits per heavy atom. The Balaban J connectivity index is 2.19. The van der Waals surface area contributed by atoms with Crippen molar-refractivity contribution in [2.75, 3.05) is 39.3 Å². The van der Waals surface area contributed by atoms with Crippen LogP contribution in [0.3, 0.4) is 0 Å². The third-order valence-electron chi connectivity index (χ3n) is 2.71. The lowest BCUT2D eigenvalue weighted by atomic mass is 10.2. The highest BCUT2D eigenvalue weighted by atomic mass is 16.4. The summed E-state index contributed by atoms with van der Waals surface area (Å²) >= 11 is 0. The van der Waals surface area contributed by atoms with E-state index in [4.69, 9.17) is 5.11 Å². The molecular formula is C12H22N2O2. The van der Waals surface area contributed by atoms with Gasteiger partial charge >= 0.3 is 5.97 Å². The molecule has 1 saturated heterocycles. The van der Waals surface area contributed by atoms with Crippen LogP contribution in [0.4, 0.5) is 0 Å². The Kier molecular flexibility index (Phi) is 5.49. The molecule has 4 heteroatoms. The van der Waals surface area contributed by atoms with Crippen LogP contribution in [0.5, 0.6) is 0 Å². The van der Waals surface area contributed by atoms with Crippen LogP contribution in [0, 0.1) is 5.92 Å². The van der Waals surface area contributed by atoms with Crippen LogP contribution in [-0.4, -0.2) is 60.1 Å². The summed E-state index contributed by atoms with van der Waals surface area (Å²) in [7, 11) is 0. The van der Waals surface area contributed by atoms with E-state index in [1.165, 1.54) is 12.6 Å². The highest BCUT2D eigenvalue weighted by Gasteiger charge is 2.16. The summed E-state index contributed by atoms with van der Waals surface area (Å²) < 4.78 is 0. The van der Waals surface area contributed by atoms with Gasteiger partial charge in [-0.15, -0.1) is 0 Å². The van der Waals surface area contributed by atoms with E-state index < -0.39 is 5.97 Å². The maximum Gasteiger partial charge on any atom is 0.328 e. The molecule has 0 aromatic carbocycles. The minimum atomic E-state index is -0.863. The van der Waals surface area contributed by atoms with Crippen molar-refractivity contribution in [1.29, 1.82) is 0 Å². The minimum absolute atomic E-state index is 0.721. The van der Waals surface area contributed by atoms with Gasteiger partial charge in [0.1, 0.15) is 0 Å². The van der Waals surface area contributed by atoms with Gasteiger partial charge in [-0.2, -0.15) is 0 Å². The Morgan fingerprint density at radius 3 is 2.31 bits per heavy atom. The Bertz CT molecular complexity index is 243. The van der Waals surface area contributed by atoms with Crippen molar-refractivity contribution < 1.29 is 9.90 Å². The zero-order chi connectivity index (χ0) is 12.0. The summed E-state index contributed by atoms with van der Waals surface area (Å²) in [5.74, 6) is -0.142. The zero-order valence-corrected chi connectivity index (χ0v) is 10.2. The third kappa shape index (κ3) is 5.28. The van der Waals surface area contributed by atoms with E-state index >= 15 is 0 Å². The first-order valence-electron chi connectivity index (χ1n) is 5.92.